The van der Waals surface area contributed by atoms with E-state index in [0.29, 0.717) is 16.5 Å². The van der Waals surface area contributed by atoms with Gasteiger partial charge in [0.1, 0.15) is 11.8 Å². The minimum absolute atomic E-state index is 0.0330. The van der Waals surface area contributed by atoms with E-state index in [-0.39, 0.29) is 13.0 Å². The van der Waals surface area contributed by atoms with E-state index in [2.05, 4.69) is 5.32 Å². The Morgan fingerprint density at radius 3 is 2.65 bits per heavy atom. The summed E-state index contributed by atoms with van der Waals surface area (Å²) in [5.74, 6) is -0.0427. The molecular weight excluding hydrogens is 356 g/mol. The Morgan fingerprint density at radius 1 is 1.19 bits per heavy atom. The highest BCUT2D eigenvalue weighted by atomic mass is 35.5. The Hall–Kier alpha value is -2.57. The monoisotopic (exact) mass is 374 g/mol. The normalized spacial score (nSPS) is 19.3. The molecule has 2 amide bonds. The fraction of sp³-hybridized carbons (Fsp3) is 0.263. The first kappa shape index (κ1) is 18.2. The van der Waals surface area contributed by atoms with Gasteiger partial charge in [0.15, 0.2) is 0 Å². The van der Waals surface area contributed by atoms with Crippen LogP contribution < -0.4 is 10.1 Å². The van der Waals surface area contributed by atoms with Crippen molar-refractivity contribution in [3.63, 3.8) is 0 Å². The molecule has 1 fully saturated rings. The first-order chi connectivity index (χ1) is 12.5. The van der Waals surface area contributed by atoms with Gasteiger partial charge in [-0.3, -0.25) is 9.69 Å². The summed E-state index contributed by atoms with van der Waals surface area (Å²) in [5.41, 5.74) is 1.30. The molecule has 0 spiro atoms. The van der Waals surface area contributed by atoms with Crippen LogP contribution >= 0.6 is 11.6 Å². The lowest BCUT2D eigenvalue weighted by molar-refractivity contribution is -0.119. The number of amides is 2. The molecule has 0 saturated carbocycles. The molecule has 0 aromatic heterocycles. The number of hydrogen-bond acceptors (Lipinski definition) is 4. The van der Waals surface area contributed by atoms with Crippen molar-refractivity contribution < 1.29 is 19.4 Å². The number of nitrogens with zero attached hydrogens (tertiary/aromatic N) is 1. The lowest BCUT2D eigenvalue weighted by Gasteiger charge is -2.23. The van der Waals surface area contributed by atoms with Gasteiger partial charge in [0.25, 0.3) is 0 Å². The zero-order valence-corrected chi connectivity index (χ0v) is 14.9. The van der Waals surface area contributed by atoms with Crippen molar-refractivity contribution in [2.75, 3.05) is 11.9 Å². The molecule has 0 unspecified atom stereocenters. The largest absolute Gasteiger partial charge is 0.416 e. The molecule has 2 N–H and O–H groups in total. The molecule has 2 aromatic rings. The zero-order chi connectivity index (χ0) is 18.7. The number of carbonyl (C=O) groups excluding carboxylic acids is 2. The summed E-state index contributed by atoms with van der Waals surface area (Å²) in [6.45, 7) is 1.87. The number of benzene rings is 2. The third-order valence-electron chi connectivity index (χ3n) is 4.21. The number of aryl methyl sites for hydroxylation is 1. The van der Waals surface area contributed by atoms with Crippen LogP contribution in [0.3, 0.4) is 0 Å². The van der Waals surface area contributed by atoms with E-state index < -0.39 is 24.1 Å². The second kappa shape index (κ2) is 7.76. The molecule has 0 aliphatic carbocycles. The molecule has 1 heterocycles. The van der Waals surface area contributed by atoms with Crippen LogP contribution in [0, 0.1) is 6.92 Å². The number of rotatable bonds is 3. The molecule has 1 aliphatic rings. The van der Waals surface area contributed by atoms with Gasteiger partial charge in [0.05, 0.1) is 23.4 Å². The third kappa shape index (κ3) is 3.98. The number of aliphatic hydroxyl groups is 1. The van der Waals surface area contributed by atoms with Gasteiger partial charge < -0.3 is 15.2 Å². The predicted molar refractivity (Wildman–Crippen MR) is 98.4 cm³/mol. The number of anilines is 1. The van der Waals surface area contributed by atoms with Gasteiger partial charge in [-0.2, -0.15) is 0 Å². The standard InChI is InChI=1S/C19H19ClN2O4/c1-12-6-5-9-15(17(12)20)21-18(24)16-10-13(23)11-22(16)19(25)26-14-7-3-2-4-8-14/h2-9,13,16,23H,10-11H2,1H3,(H,21,24)/t13-,16-/m0/s1. The van der Waals surface area contributed by atoms with Crippen LogP contribution in [0.15, 0.2) is 48.5 Å². The third-order valence-corrected chi connectivity index (χ3v) is 4.72. The Bertz CT molecular complexity index is 812. The van der Waals surface area contributed by atoms with Crippen LogP contribution in [0.25, 0.3) is 0 Å². The quantitative estimate of drug-likeness (QED) is 0.864. The van der Waals surface area contributed by atoms with Crippen molar-refractivity contribution in [3.8, 4) is 5.75 Å². The van der Waals surface area contributed by atoms with E-state index in [1.807, 2.05) is 13.0 Å². The number of para-hydroxylation sites is 1. The van der Waals surface area contributed by atoms with Crippen molar-refractivity contribution >= 4 is 29.3 Å². The first-order valence-corrected chi connectivity index (χ1v) is 8.61. The molecule has 6 nitrogen and oxygen atoms in total. The number of nitrogens with one attached hydrogen (secondary N) is 1. The Labute approximate surface area is 156 Å². The average molecular weight is 375 g/mol. The lowest BCUT2D eigenvalue weighted by atomic mass is 10.1. The summed E-state index contributed by atoms with van der Waals surface area (Å²) in [6, 6.07) is 13.0. The molecule has 7 heteroatoms. The molecule has 0 radical (unpaired) electrons. The SMILES string of the molecule is Cc1cccc(NC(=O)[C@@H]2C[C@H](O)CN2C(=O)Oc2ccccc2)c1Cl. The summed E-state index contributed by atoms with van der Waals surface area (Å²) >= 11 is 6.21. The fourth-order valence-electron chi connectivity index (χ4n) is 2.87. The summed E-state index contributed by atoms with van der Waals surface area (Å²) < 4.78 is 5.29. The van der Waals surface area contributed by atoms with Gasteiger partial charge in [-0.05, 0) is 30.7 Å². The summed E-state index contributed by atoms with van der Waals surface area (Å²) in [5, 5.41) is 13.1. The second-order valence-corrected chi connectivity index (χ2v) is 6.54. The summed E-state index contributed by atoms with van der Waals surface area (Å²) in [6.07, 6.45) is -1.33. The fourth-order valence-corrected chi connectivity index (χ4v) is 3.05. The van der Waals surface area contributed by atoms with Crippen molar-refractivity contribution in [2.24, 2.45) is 0 Å². The van der Waals surface area contributed by atoms with E-state index in [9.17, 15) is 14.7 Å². The van der Waals surface area contributed by atoms with Crippen LogP contribution in [0.1, 0.15) is 12.0 Å². The van der Waals surface area contributed by atoms with Crippen molar-refractivity contribution in [1.29, 1.82) is 0 Å². The Kier molecular flexibility index (Phi) is 5.44. The molecular formula is C19H19ClN2O4. The van der Waals surface area contributed by atoms with Crippen molar-refractivity contribution in [3.05, 3.63) is 59.1 Å². The minimum atomic E-state index is -0.835. The van der Waals surface area contributed by atoms with E-state index in [0.717, 1.165) is 5.56 Å². The summed E-state index contributed by atoms with van der Waals surface area (Å²) in [4.78, 5) is 26.3. The topological polar surface area (TPSA) is 78.9 Å². The molecule has 26 heavy (non-hydrogen) atoms. The van der Waals surface area contributed by atoms with Gasteiger partial charge in [-0.25, -0.2) is 4.79 Å². The number of ether oxygens (including phenoxy) is 1. The minimum Gasteiger partial charge on any atom is -0.410 e. The highest BCUT2D eigenvalue weighted by molar-refractivity contribution is 6.34. The molecule has 0 bridgehead atoms. The molecule has 2 atom stereocenters. The van der Waals surface area contributed by atoms with Crippen LogP contribution in [-0.2, 0) is 4.79 Å². The maximum absolute atomic E-state index is 12.7. The summed E-state index contributed by atoms with van der Waals surface area (Å²) in [7, 11) is 0. The smallest absolute Gasteiger partial charge is 0.410 e. The molecule has 1 aliphatic heterocycles. The van der Waals surface area contributed by atoms with Gasteiger partial charge in [0, 0.05) is 6.42 Å². The molecule has 2 aromatic carbocycles. The molecule has 1 saturated heterocycles. The molecule has 3 rings (SSSR count). The molecule has 136 valence electrons. The Morgan fingerprint density at radius 2 is 1.92 bits per heavy atom. The van der Waals surface area contributed by atoms with Gasteiger partial charge in [-0.1, -0.05) is 41.9 Å². The lowest BCUT2D eigenvalue weighted by Crippen LogP contribution is -2.44. The second-order valence-electron chi connectivity index (χ2n) is 6.16. The predicted octanol–water partition coefficient (Wildman–Crippen LogP) is 3.22. The number of hydrogen-bond donors (Lipinski definition) is 2. The number of likely N-dealkylation sites (tertiary alicyclic amines) is 1. The van der Waals surface area contributed by atoms with Crippen molar-refractivity contribution in [1.82, 2.24) is 4.90 Å². The highest BCUT2D eigenvalue weighted by Gasteiger charge is 2.40. The number of carbonyl (C=O) groups is 2. The first-order valence-electron chi connectivity index (χ1n) is 8.23. The van der Waals surface area contributed by atoms with E-state index >= 15 is 0 Å². The van der Waals surface area contributed by atoms with E-state index in [1.165, 1.54) is 4.90 Å². The van der Waals surface area contributed by atoms with Crippen LogP contribution in [0.5, 0.6) is 5.75 Å². The Balaban J connectivity index is 1.73. The maximum atomic E-state index is 12.7. The average Bonchev–Trinajstić information content (AvgIpc) is 3.02. The van der Waals surface area contributed by atoms with Crippen molar-refractivity contribution in [2.45, 2.75) is 25.5 Å². The number of halogens is 1. The van der Waals surface area contributed by atoms with Gasteiger partial charge >= 0.3 is 6.09 Å². The number of β-amino-alcohol motifs (C(OH)–C–C–N with tert-alkyl or cyclic N) is 1. The van der Waals surface area contributed by atoms with Gasteiger partial charge in [0.2, 0.25) is 5.91 Å². The number of aliphatic hydroxyl groups excluding tert-OH is 1. The zero-order valence-electron chi connectivity index (χ0n) is 14.2. The highest BCUT2D eigenvalue weighted by Crippen LogP contribution is 2.27. The van der Waals surface area contributed by atoms with Gasteiger partial charge in [-0.15, -0.1) is 0 Å². The van der Waals surface area contributed by atoms with Crippen LogP contribution in [0.4, 0.5) is 10.5 Å². The maximum Gasteiger partial charge on any atom is 0.416 e. The van der Waals surface area contributed by atoms with Crippen LogP contribution in [-0.4, -0.2) is 40.7 Å². The van der Waals surface area contributed by atoms with E-state index in [4.69, 9.17) is 16.3 Å². The van der Waals surface area contributed by atoms with E-state index in [1.54, 1.807) is 42.5 Å². The van der Waals surface area contributed by atoms with Crippen LogP contribution in [0.2, 0.25) is 5.02 Å².